The van der Waals surface area contributed by atoms with Gasteiger partial charge in [-0.2, -0.15) is 0 Å². The van der Waals surface area contributed by atoms with Crippen molar-refractivity contribution in [2.24, 2.45) is 0 Å². The molecule has 1 heterocycles. The van der Waals surface area contributed by atoms with Gasteiger partial charge in [-0.05, 0) is 0 Å². The van der Waals surface area contributed by atoms with Crippen LogP contribution in [0.25, 0.3) is 0 Å². The minimum absolute atomic E-state index is 0. The summed E-state index contributed by atoms with van der Waals surface area (Å²) in [5.41, 5.74) is 0. The molecule has 32 heavy (non-hydrogen) atoms. The van der Waals surface area contributed by atoms with Crippen molar-refractivity contribution in [3.63, 3.8) is 0 Å². The van der Waals surface area contributed by atoms with Gasteiger partial charge < -0.3 is 24.8 Å². The molecule has 1 aliphatic heterocycles. The molecule has 3 rings (SSSR count). The second-order valence-electron chi connectivity index (χ2n) is 10.6. The van der Waals surface area contributed by atoms with Crippen LogP contribution in [0.3, 0.4) is 0 Å². The van der Waals surface area contributed by atoms with E-state index in [2.05, 4.69) is 64.5 Å². The van der Waals surface area contributed by atoms with Gasteiger partial charge in [0.2, 0.25) is 0 Å². The van der Waals surface area contributed by atoms with Gasteiger partial charge in [-0.1, -0.05) is 0 Å². The zero-order chi connectivity index (χ0) is 22.2. The summed E-state index contributed by atoms with van der Waals surface area (Å²) in [5.74, 6) is 2.48. The van der Waals surface area contributed by atoms with Crippen molar-refractivity contribution in [2.45, 2.75) is 65.2 Å². The minimum Gasteiger partial charge on any atom is -1.00 e. The largest absolute Gasteiger partial charge is 1.00 e. The van der Waals surface area contributed by atoms with Crippen molar-refractivity contribution >= 4 is 24.7 Å². The second-order valence-corrected chi connectivity index (χ2v) is 27.6. The summed E-state index contributed by atoms with van der Waals surface area (Å²) in [7, 11) is -4.83. The summed E-state index contributed by atoms with van der Waals surface area (Å²) < 4.78 is 28.0. The molecule has 0 N–H and O–H groups in total. The molecule has 180 valence electrons. The molecule has 4 bridgehead atoms. The Morgan fingerprint density at radius 1 is 0.719 bits per heavy atom. The quantitative estimate of drug-likeness (QED) is 0.251. The molecular formula is C22H38Cl2O4Si3Zr. The third-order valence-corrected chi connectivity index (χ3v) is 14.7. The molecule has 4 nitrogen and oxygen atoms in total. The van der Waals surface area contributed by atoms with Crippen molar-refractivity contribution in [1.82, 2.24) is 0 Å². The summed E-state index contributed by atoms with van der Waals surface area (Å²) in [4.78, 5) is 0. The summed E-state index contributed by atoms with van der Waals surface area (Å²) in [6.07, 6.45) is 7.10. The van der Waals surface area contributed by atoms with Crippen LogP contribution in [0.4, 0.5) is 0 Å². The smallest absolute Gasteiger partial charge is 1.00 e. The van der Waals surface area contributed by atoms with Crippen molar-refractivity contribution in [3.8, 4) is 0 Å². The fraction of sp³-hybridized carbons (Fsp3) is 0.636. The Bertz CT molecular complexity index is 745. The number of halogens is 2. The molecule has 0 saturated carbocycles. The molecule has 0 atom stereocenters. The molecule has 0 saturated heterocycles. The van der Waals surface area contributed by atoms with E-state index in [0.717, 1.165) is 12.8 Å². The molecule has 10 heteroatoms. The Hall–Kier alpha value is 0.594. The predicted molar refractivity (Wildman–Crippen MR) is 127 cm³/mol. The Morgan fingerprint density at radius 2 is 1.09 bits per heavy atom. The van der Waals surface area contributed by atoms with Crippen molar-refractivity contribution in [1.29, 1.82) is 0 Å². The first-order valence-corrected chi connectivity index (χ1v) is 23.3. The first-order chi connectivity index (χ1) is 13.9. The summed E-state index contributed by atoms with van der Waals surface area (Å²) in [6.45, 7) is 21.0. The van der Waals surface area contributed by atoms with Crippen LogP contribution in [0.2, 0.25) is 52.4 Å². The van der Waals surface area contributed by atoms with E-state index in [1.54, 1.807) is 6.56 Å². The number of rotatable bonds is 10. The van der Waals surface area contributed by atoms with Crippen LogP contribution in [-0.2, 0) is 41.6 Å². The number of hydrogen-bond donors (Lipinski definition) is 0. The molecule has 0 aromatic heterocycles. The summed E-state index contributed by atoms with van der Waals surface area (Å²) in [6, 6.07) is 0. The molecule has 2 aliphatic carbocycles. The fourth-order valence-electron chi connectivity index (χ4n) is 4.04. The van der Waals surface area contributed by atoms with Gasteiger partial charge in [0.05, 0.1) is 0 Å². The van der Waals surface area contributed by atoms with Crippen LogP contribution >= 0.6 is 0 Å². The predicted octanol–water partition coefficient (Wildman–Crippen LogP) is -0.303. The standard InChI is InChI=1S/C22H38O4Si3.2ClH.Zr/c1-27(2,3)25-17-15-23-19-11-9-13-21(19)29(7,8)22-14-10-12-20(22)24-16-18-26-28(4,5)6;;;/h13-14H,9-10,15-18H2,1-8H3;2*1H;/q;;;+2/p-2. The van der Waals surface area contributed by atoms with Gasteiger partial charge in [0.25, 0.3) is 0 Å². The average molecular weight is 613 g/mol. The van der Waals surface area contributed by atoms with Gasteiger partial charge in [-0.25, -0.2) is 0 Å². The van der Waals surface area contributed by atoms with E-state index in [-0.39, 0.29) is 24.8 Å². The zero-order valence-corrected chi connectivity index (χ0v) is 27.8. The van der Waals surface area contributed by atoms with Crippen LogP contribution in [0, 0.1) is 0 Å². The summed E-state index contributed by atoms with van der Waals surface area (Å²) in [5, 5.41) is 2.97. The van der Waals surface area contributed by atoms with Crippen molar-refractivity contribution < 1.29 is 66.4 Å². The van der Waals surface area contributed by atoms with Crippen LogP contribution in [0.1, 0.15) is 12.8 Å². The molecule has 3 aliphatic rings. The topological polar surface area (TPSA) is 36.9 Å². The number of hydrogen-bond acceptors (Lipinski definition) is 4. The molecule has 0 amide bonds. The van der Waals surface area contributed by atoms with Crippen LogP contribution in [0.5, 0.6) is 0 Å². The van der Waals surface area contributed by atoms with E-state index in [0.29, 0.717) is 26.4 Å². The van der Waals surface area contributed by atoms with Gasteiger partial charge in [-0.15, -0.1) is 0 Å². The molecule has 0 unspecified atom stereocenters. The first kappa shape index (κ1) is 30.6. The van der Waals surface area contributed by atoms with E-state index in [4.69, 9.17) is 18.3 Å². The maximum atomic E-state index is 6.41. The van der Waals surface area contributed by atoms with Crippen LogP contribution < -0.4 is 24.8 Å². The number of fused-ring (bicyclic) bond motifs is 2. The Balaban J connectivity index is 0.00000256. The van der Waals surface area contributed by atoms with E-state index in [1.165, 1.54) is 21.9 Å². The molecule has 0 fully saturated rings. The normalized spacial score (nSPS) is 19.0. The van der Waals surface area contributed by atoms with Crippen LogP contribution in [-0.4, -0.2) is 51.1 Å². The molecule has 0 aromatic carbocycles. The van der Waals surface area contributed by atoms with Gasteiger partial charge in [0.1, 0.15) is 0 Å². The SMILES string of the molecule is C[Si](C)(C)OCCOC1=[C]2CC=C1[Si](C)(C)C1=CC[C](=C1OCCO[Si](C)(C)C)[Zr+2]2.[Cl-].[Cl-]. The summed E-state index contributed by atoms with van der Waals surface area (Å²) >= 11 is -0.877. The Morgan fingerprint density at radius 3 is 1.44 bits per heavy atom. The molecule has 0 spiro atoms. The van der Waals surface area contributed by atoms with E-state index in [9.17, 15) is 0 Å². The van der Waals surface area contributed by atoms with Gasteiger partial charge in [0.15, 0.2) is 0 Å². The Kier molecular flexibility index (Phi) is 11.5. The van der Waals surface area contributed by atoms with Gasteiger partial charge in [-0.3, -0.25) is 0 Å². The molecular weight excluding hydrogens is 575 g/mol. The number of ether oxygens (including phenoxy) is 2. The van der Waals surface area contributed by atoms with Crippen LogP contribution in [0.15, 0.2) is 40.6 Å². The van der Waals surface area contributed by atoms with Crippen molar-refractivity contribution in [2.75, 3.05) is 26.4 Å². The average Bonchev–Trinajstić information content (AvgIpc) is 3.20. The van der Waals surface area contributed by atoms with Gasteiger partial charge in [0, 0.05) is 0 Å². The first-order valence-electron chi connectivity index (χ1n) is 11.1. The second kappa shape index (κ2) is 12.0. The zero-order valence-electron chi connectivity index (χ0n) is 20.8. The van der Waals surface area contributed by atoms with Crippen molar-refractivity contribution in [3.05, 3.63) is 40.6 Å². The fourth-order valence-corrected chi connectivity index (χ4v) is 12.6. The maximum Gasteiger partial charge on any atom is -1.00 e. The van der Waals surface area contributed by atoms with E-state index >= 15 is 0 Å². The van der Waals surface area contributed by atoms with E-state index in [1.807, 2.05) is 0 Å². The van der Waals surface area contributed by atoms with E-state index < -0.39 is 47.9 Å². The molecule has 0 radical (unpaired) electrons. The minimum atomic E-state index is -1.85. The molecule has 0 aromatic rings. The number of allylic oxidation sites excluding steroid dienone is 6. The Labute approximate surface area is 221 Å². The third kappa shape index (κ3) is 7.80. The third-order valence-electron chi connectivity index (χ3n) is 5.44. The van der Waals surface area contributed by atoms with Gasteiger partial charge >= 0.3 is 199 Å². The monoisotopic (exact) mass is 610 g/mol. The maximum absolute atomic E-state index is 6.41.